The zero-order valence-electron chi connectivity index (χ0n) is 10.1. The first-order valence-corrected chi connectivity index (χ1v) is 5.85. The highest BCUT2D eigenvalue weighted by Gasteiger charge is 2.28. The lowest BCUT2D eigenvalue weighted by atomic mass is 9.95. The van der Waals surface area contributed by atoms with E-state index in [2.05, 4.69) is 38.1 Å². The van der Waals surface area contributed by atoms with Crippen LogP contribution in [0.1, 0.15) is 28.3 Å². The highest BCUT2D eigenvalue weighted by Crippen LogP contribution is 2.45. The molecule has 0 amide bonds. The van der Waals surface area contributed by atoms with E-state index in [9.17, 15) is 0 Å². The van der Waals surface area contributed by atoms with E-state index in [4.69, 9.17) is 11.5 Å². The van der Waals surface area contributed by atoms with Crippen molar-refractivity contribution in [3.8, 4) is 11.1 Å². The third kappa shape index (κ3) is 1.25. The minimum Gasteiger partial charge on any atom is -0.398 e. The van der Waals surface area contributed by atoms with Crippen LogP contribution in [0.15, 0.2) is 30.3 Å². The summed E-state index contributed by atoms with van der Waals surface area (Å²) in [7, 11) is 0. The molecule has 0 aliphatic heterocycles. The van der Waals surface area contributed by atoms with E-state index in [0.29, 0.717) is 0 Å². The summed E-state index contributed by atoms with van der Waals surface area (Å²) in [6, 6.07) is 10.5. The Kier molecular flexibility index (Phi) is 2.04. The van der Waals surface area contributed by atoms with Gasteiger partial charge in [0, 0.05) is 5.69 Å². The highest BCUT2D eigenvalue weighted by molar-refractivity contribution is 5.83. The second-order valence-electron chi connectivity index (χ2n) is 4.76. The third-order valence-corrected chi connectivity index (χ3v) is 3.78. The molecule has 2 aromatic carbocycles. The van der Waals surface area contributed by atoms with Gasteiger partial charge in [0.05, 0.1) is 6.04 Å². The summed E-state index contributed by atoms with van der Waals surface area (Å²) in [5.74, 6) is 0. The number of benzene rings is 2. The van der Waals surface area contributed by atoms with Crippen LogP contribution in [-0.4, -0.2) is 0 Å². The first-order valence-electron chi connectivity index (χ1n) is 5.85. The van der Waals surface area contributed by atoms with E-state index < -0.39 is 0 Å². The Morgan fingerprint density at radius 3 is 2.53 bits per heavy atom. The second-order valence-corrected chi connectivity index (χ2v) is 4.76. The maximum atomic E-state index is 6.32. The van der Waals surface area contributed by atoms with Gasteiger partial charge in [0.25, 0.3) is 0 Å². The van der Waals surface area contributed by atoms with E-state index in [1.165, 1.54) is 22.3 Å². The molecule has 1 unspecified atom stereocenters. The number of hydrogen-bond donors (Lipinski definition) is 2. The fourth-order valence-electron chi connectivity index (χ4n) is 2.81. The number of anilines is 1. The maximum absolute atomic E-state index is 6.32. The average Bonchev–Trinajstić information content (AvgIpc) is 2.61. The molecule has 0 saturated carbocycles. The molecule has 0 fully saturated rings. The molecule has 0 heterocycles. The molecule has 17 heavy (non-hydrogen) atoms. The number of fused-ring (bicyclic) bond motifs is 3. The lowest BCUT2D eigenvalue weighted by Crippen LogP contribution is -2.11. The predicted molar refractivity (Wildman–Crippen MR) is 71.8 cm³/mol. The van der Waals surface area contributed by atoms with Crippen molar-refractivity contribution in [1.29, 1.82) is 0 Å². The fraction of sp³-hybridized carbons (Fsp3) is 0.200. The van der Waals surface area contributed by atoms with Crippen LogP contribution in [0.4, 0.5) is 5.69 Å². The first kappa shape index (κ1) is 10.4. The molecule has 0 radical (unpaired) electrons. The summed E-state index contributed by atoms with van der Waals surface area (Å²) in [4.78, 5) is 0. The van der Waals surface area contributed by atoms with Gasteiger partial charge in [-0.05, 0) is 53.3 Å². The zero-order chi connectivity index (χ0) is 12.2. The van der Waals surface area contributed by atoms with Crippen molar-refractivity contribution in [2.24, 2.45) is 5.73 Å². The summed E-state index contributed by atoms with van der Waals surface area (Å²) in [6.45, 7) is 4.11. The largest absolute Gasteiger partial charge is 0.398 e. The molecule has 2 nitrogen and oxygen atoms in total. The summed E-state index contributed by atoms with van der Waals surface area (Å²) in [5.41, 5.74) is 20.4. The quantitative estimate of drug-likeness (QED) is 0.676. The lowest BCUT2D eigenvalue weighted by Gasteiger charge is -2.14. The Bertz CT molecular complexity index is 615. The topological polar surface area (TPSA) is 52.0 Å². The van der Waals surface area contributed by atoms with Crippen molar-refractivity contribution in [1.82, 2.24) is 0 Å². The van der Waals surface area contributed by atoms with Gasteiger partial charge in [-0.1, -0.05) is 24.3 Å². The second kappa shape index (κ2) is 3.34. The summed E-state index contributed by atoms with van der Waals surface area (Å²) >= 11 is 0. The van der Waals surface area contributed by atoms with Crippen molar-refractivity contribution in [2.75, 3.05) is 5.73 Å². The average molecular weight is 224 g/mol. The Hall–Kier alpha value is -1.80. The van der Waals surface area contributed by atoms with Gasteiger partial charge in [-0.2, -0.15) is 0 Å². The SMILES string of the molecule is Cc1cc2c(c(C)c1N)C(N)c1ccccc1-2. The van der Waals surface area contributed by atoms with Crippen molar-refractivity contribution >= 4 is 5.69 Å². The number of nitrogens with two attached hydrogens (primary N) is 2. The molecule has 2 heteroatoms. The minimum absolute atomic E-state index is 0.0379. The van der Waals surface area contributed by atoms with Gasteiger partial charge in [0.1, 0.15) is 0 Å². The van der Waals surface area contributed by atoms with Crippen molar-refractivity contribution in [3.05, 3.63) is 52.6 Å². The summed E-state index contributed by atoms with van der Waals surface area (Å²) in [5, 5.41) is 0. The van der Waals surface area contributed by atoms with Crippen molar-refractivity contribution < 1.29 is 0 Å². The lowest BCUT2D eigenvalue weighted by molar-refractivity contribution is 0.891. The zero-order valence-corrected chi connectivity index (χ0v) is 10.1. The summed E-state index contributed by atoms with van der Waals surface area (Å²) < 4.78 is 0. The molecule has 86 valence electrons. The number of rotatable bonds is 0. The fourth-order valence-corrected chi connectivity index (χ4v) is 2.81. The molecule has 4 N–H and O–H groups in total. The van der Waals surface area contributed by atoms with E-state index in [1.807, 2.05) is 6.07 Å². The molecule has 1 atom stereocenters. The third-order valence-electron chi connectivity index (χ3n) is 3.78. The normalized spacial score (nSPS) is 16.8. The van der Waals surface area contributed by atoms with Crippen molar-refractivity contribution in [2.45, 2.75) is 19.9 Å². The van der Waals surface area contributed by atoms with E-state index in [1.54, 1.807) is 0 Å². The minimum atomic E-state index is -0.0379. The molecular weight excluding hydrogens is 208 g/mol. The Morgan fingerprint density at radius 2 is 1.76 bits per heavy atom. The van der Waals surface area contributed by atoms with Gasteiger partial charge in [-0.15, -0.1) is 0 Å². The van der Waals surface area contributed by atoms with E-state index in [-0.39, 0.29) is 6.04 Å². The maximum Gasteiger partial charge on any atom is 0.0567 e. The number of hydrogen-bond acceptors (Lipinski definition) is 2. The Morgan fingerprint density at radius 1 is 1.06 bits per heavy atom. The molecule has 0 bridgehead atoms. The van der Waals surface area contributed by atoms with Gasteiger partial charge in [0.2, 0.25) is 0 Å². The van der Waals surface area contributed by atoms with Crippen LogP contribution in [0.3, 0.4) is 0 Å². The molecule has 2 aromatic rings. The van der Waals surface area contributed by atoms with Gasteiger partial charge >= 0.3 is 0 Å². The Balaban J connectivity index is 2.39. The highest BCUT2D eigenvalue weighted by atomic mass is 14.7. The monoisotopic (exact) mass is 224 g/mol. The van der Waals surface area contributed by atoms with Crippen LogP contribution in [0, 0.1) is 13.8 Å². The molecular formula is C15H16N2. The predicted octanol–water partition coefficient (Wildman–Crippen LogP) is 2.91. The molecule has 0 aromatic heterocycles. The van der Waals surface area contributed by atoms with Gasteiger partial charge < -0.3 is 11.5 Å². The van der Waals surface area contributed by atoms with Crippen LogP contribution in [-0.2, 0) is 0 Å². The smallest absolute Gasteiger partial charge is 0.0567 e. The standard InChI is InChI=1S/C15H16N2/c1-8-7-12-10-5-3-4-6-11(10)15(17)13(12)9(2)14(8)16/h3-7,15H,16-17H2,1-2H3. The van der Waals surface area contributed by atoms with E-state index >= 15 is 0 Å². The summed E-state index contributed by atoms with van der Waals surface area (Å²) in [6.07, 6.45) is 0. The van der Waals surface area contributed by atoms with Crippen LogP contribution < -0.4 is 11.5 Å². The van der Waals surface area contributed by atoms with Crippen LogP contribution in [0.25, 0.3) is 11.1 Å². The van der Waals surface area contributed by atoms with Gasteiger partial charge in [-0.25, -0.2) is 0 Å². The van der Waals surface area contributed by atoms with Crippen LogP contribution in [0.2, 0.25) is 0 Å². The molecule has 0 spiro atoms. The van der Waals surface area contributed by atoms with Crippen LogP contribution in [0.5, 0.6) is 0 Å². The first-order chi connectivity index (χ1) is 8.11. The number of aryl methyl sites for hydroxylation is 1. The molecule has 1 aliphatic carbocycles. The number of nitrogen functional groups attached to an aromatic ring is 1. The van der Waals surface area contributed by atoms with E-state index in [0.717, 1.165) is 16.8 Å². The van der Waals surface area contributed by atoms with Gasteiger partial charge in [0.15, 0.2) is 0 Å². The van der Waals surface area contributed by atoms with Crippen molar-refractivity contribution in [3.63, 3.8) is 0 Å². The van der Waals surface area contributed by atoms with Crippen LogP contribution >= 0.6 is 0 Å². The Labute approximate surface area is 101 Å². The molecule has 1 aliphatic rings. The van der Waals surface area contributed by atoms with Gasteiger partial charge in [-0.3, -0.25) is 0 Å². The molecule has 0 saturated heterocycles. The molecule has 3 rings (SSSR count).